The van der Waals surface area contributed by atoms with Gasteiger partial charge in [0.05, 0.1) is 0 Å². The van der Waals surface area contributed by atoms with E-state index in [1.54, 1.807) is 0 Å². The molecule has 0 saturated heterocycles. The Bertz CT molecular complexity index is 624. The molecule has 0 aliphatic carbocycles. The normalized spacial score (nSPS) is 10.9. The molecule has 0 bridgehead atoms. The number of para-hydroxylation sites is 1. The third-order valence-corrected chi connectivity index (χ3v) is 2.93. The van der Waals surface area contributed by atoms with E-state index < -0.39 is 0 Å². The standard InChI is InChI=1S/C16H14O/c1-11-7-12(2)9-14(8-11)16-10-13-5-3-4-6-15(13)17-16/h3-10H,1-2H3. The Labute approximate surface area is 101 Å². The van der Waals surface area contributed by atoms with E-state index >= 15 is 0 Å². The number of rotatable bonds is 1. The van der Waals surface area contributed by atoms with Crippen LogP contribution in [0.25, 0.3) is 22.3 Å². The van der Waals surface area contributed by atoms with Crippen molar-refractivity contribution in [1.82, 2.24) is 0 Å². The molecule has 0 aliphatic heterocycles. The Kier molecular flexibility index (Phi) is 2.25. The van der Waals surface area contributed by atoms with Crippen LogP contribution in [0.5, 0.6) is 0 Å². The van der Waals surface area contributed by atoms with Gasteiger partial charge in [0.2, 0.25) is 0 Å². The van der Waals surface area contributed by atoms with Crippen LogP contribution in [-0.4, -0.2) is 0 Å². The van der Waals surface area contributed by atoms with E-state index in [4.69, 9.17) is 4.42 Å². The summed E-state index contributed by atoms with van der Waals surface area (Å²) < 4.78 is 5.86. The van der Waals surface area contributed by atoms with Crippen molar-refractivity contribution in [3.05, 3.63) is 59.7 Å². The van der Waals surface area contributed by atoms with Crippen molar-refractivity contribution in [1.29, 1.82) is 0 Å². The van der Waals surface area contributed by atoms with E-state index in [9.17, 15) is 0 Å². The van der Waals surface area contributed by atoms with Gasteiger partial charge in [-0.2, -0.15) is 0 Å². The summed E-state index contributed by atoms with van der Waals surface area (Å²) in [6.07, 6.45) is 0. The largest absolute Gasteiger partial charge is 0.456 e. The summed E-state index contributed by atoms with van der Waals surface area (Å²) in [5.74, 6) is 0.943. The molecule has 1 heterocycles. The zero-order chi connectivity index (χ0) is 11.8. The van der Waals surface area contributed by atoms with Crippen LogP contribution in [0, 0.1) is 13.8 Å². The molecule has 1 nitrogen and oxygen atoms in total. The van der Waals surface area contributed by atoms with Gasteiger partial charge in [-0.15, -0.1) is 0 Å². The first-order valence-corrected chi connectivity index (χ1v) is 5.79. The van der Waals surface area contributed by atoms with Gasteiger partial charge in [0.25, 0.3) is 0 Å². The van der Waals surface area contributed by atoms with Crippen LogP contribution in [0.3, 0.4) is 0 Å². The minimum Gasteiger partial charge on any atom is -0.456 e. The van der Waals surface area contributed by atoms with Crippen LogP contribution in [0.15, 0.2) is 52.9 Å². The van der Waals surface area contributed by atoms with Crippen LogP contribution in [0.4, 0.5) is 0 Å². The van der Waals surface area contributed by atoms with E-state index in [1.165, 1.54) is 11.1 Å². The van der Waals surface area contributed by atoms with Crippen molar-refractivity contribution in [2.75, 3.05) is 0 Å². The van der Waals surface area contributed by atoms with E-state index in [0.717, 1.165) is 22.3 Å². The van der Waals surface area contributed by atoms with Crippen LogP contribution in [0.1, 0.15) is 11.1 Å². The first kappa shape index (κ1) is 10.2. The molecular weight excluding hydrogens is 208 g/mol. The Balaban J connectivity index is 2.20. The topological polar surface area (TPSA) is 13.1 Å². The highest BCUT2D eigenvalue weighted by molar-refractivity contribution is 5.82. The molecular formula is C16H14O. The number of hydrogen-bond acceptors (Lipinski definition) is 1. The molecule has 0 aliphatic rings. The van der Waals surface area contributed by atoms with Gasteiger partial charge in [0, 0.05) is 10.9 Å². The number of fused-ring (bicyclic) bond motifs is 1. The summed E-state index contributed by atoms with van der Waals surface area (Å²) in [5.41, 5.74) is 4.63. The molecule has 0 unspecified atom stereocenters. The van der Waals surface area contributed by atoms with E-state index in [1.807, 2.05) is 18.2 Å². The minimum absolute atomic E-state index is 0.943. The molecule has 0 fully saturated rings. The van der Waals surface area contributed by atoms with Crippen LogP contribution >= 0.6 is 0 Å². The van der Waals surface area contributed by atoms with Gasteiger partial charge in [-0.3, -0.25) is 0 Å². The molecule has 1 heteroatoms. The molecule has 3 rings (SSSR count). The van der Waals surface area contributed by atoms with Crippen molar-refractivity contribution in [3.63, 3.8) is 0 Å². The van der Waals surface area contributed by atoms with Crippen LogP contribution in [0.2, 0.25) is 0 Å². The van der Waals surface area contributed by atoms with Crippen molar-refractivity contribution in [2.45, 2.75) is 13.8 Å². The smallest absolute Gasteiger partial charge is 0.135 e. The highest BCUT2D eigenvalue weighted by atomic mass is 16.3. The number of aryl methyl sites for hydroxylation is 2. The Morgan fingerprint density at radius 1 is 0.824 bits per heavy atom. The van der Waals surface area contributed by atoms with E-state index in [2.05, 4.69) is 44.2 Å². The zero-order valence-electron chi connectivity index (χ0n) is 10.0. The van der Waals surface area contributed by atoms with Crippen molar-refractivity contribution in [2.24, 2.45) is 0 Å². The lowest BCUT2D eigenvalue weighted by molar-refractivity contribution is 0.631. The average Bonchev–Trinajstić information content (AvgIpc) is 2.71. The fourth-order valence-corrected chi connectivity index (χ4v) is 2.24. The lowest BCUT2D eigenvalue weighted by atomic mass is 10.1. The molecule has 0 spiro atoms. The molecule has 84 valence electrons. The summed E-state index contributed by atoms with van der Waals surface area (Å²) >= 11 is 0. The third kappa shape index (κ3) is 1.84. The second kappa shape index (κ2) is 3.77. The third-order valence-electron chi connectivity index (χ3n) is 2.93. The van der Waals surface area contributed by atoms with E-state index in [0.29, 0.717) is 0 Å². The maximum atomic E-state index is 5.86. The number of furan rings is 1. The predicted molar refractivity (Wildman–Crippen MR) is 71.1 cm³/mol. The minimum atomic E-state index is 0.943. The Morgan fingerprint density at radius 3 is 2.24 bits per heavy atom. The molecule has 0 amide bonds. The van der Waals surface area contributed by atoms with Gasteiger partial charge in [0.1, 0.15) is 11.3 Å². The maximum Gasteiger partial charge on any atom is 0.135 e. The second-order valence-electron chi connectivity index (χ2n) is 4.52. The lowest BCUT2D eigenvalue weighted by Crippen LogP contribution is -1.80. The van der Waals surface area contributed by atoms with Crippen molar-refractivity contribution < 1.29 is 4.42 Å². The highest BCUT2D eigenvalue weighted by Crippen LogP contribution is 2.28. The lowest BCUT2D eigenvalue weighted by Gasteiger charge is -2.01. The first-order valence-electron chi connectivity index (χ1n) is 5.79. The average molecular weight is 222 g/mol. The summed E-state index contributed by atoms with van der Waals surface area (Å²) in [5, 5.41) is 1.15. The highest BCUT2D eigenvalue weighted by Gasteiger charge is 2.06. The first-order chi connectivity index (χ1) is 8.22. The molecule has 0 radical (unpaired) electrons. The summed E-state index contributed by atoms with van der Waals surface area (Å²) in [7, 11) is 0. The van der Waals surface area contributed by atoms with Gasteiger partial charge in [-0.1, -0.05) is 35.4 Å². The summed E-state index contributed by atoms with van der Waals surface area (Å²) in [4.78, 5) is 0. The number of benzene rings is 2. The zero-order valence-corrected chi connectivity index (χ0v) is 10.0. The Morgan fingerprint density at radius 2 is 1.53 bits per heavy atom. The Hall–Kier alpha value is -2.02. The molecule has 1 aromatic heterocycles. The quantitative estimate of drug-likeness (QED) is 0.580. The molecule has 17 heavy (non-hydrogen) atoms. The second-order valence-corrected chi connectivity index (χ2v) is 4.52. The molecule has 2 aromatic carbocycles. The molecule has 3 aromatic rings. The molecule has 0 saturated carbocycles. The monoisotopic (exact) mass is 222 g/mol. The van der Waals surface area contributed by atoms with Gasteiger partial charge in [-0.25, -0.2) is 0 Å². The van der Waals surface area contributed by atoms with Crippen molar-refractivity contribution in [3.8, 4) is 11.3 Å². The predicted octanol–water partition coefficient (Wildman–Crippen LogP) is 4.72. The molecule has 0 atom stereocenters. The SMILES string of the molecule is Cc1cc(C)cc(-c2cc3ccccc3o2)c1. The fraction of sp³-hybridized carbons (Fsp3) is 0.125. The maximum absolute atomic E-state index is 5.86. The summed E-state index contributed by atoms with van der Waals surface area (Å²) in [6, 6.07) is 16.7. The fourth-order valence-electron chi connectivity index (χ4n) is 2.24. The van der Waals surface area contributed by atoms with Crippen LogP contribution < -0.4 is 0 Å². The van der Waals surface area contributed by atoms with Gasteiger partial charge in [-0.05, 0) is 38.1 Å². The van der Waals surface area contributed by atoms with Gasteiger partial charge >= 0.3 is 0 Å². The summed E-state index contributed by atoms with van der Waals surface area (Å²) in [6.45, 7) is 4.22. The van der Waals surface area contributed by atoms with Gasteiger partial charge in [0.15, 0.2) is 0 Å². The number of hydrogen-bond donors (Lipinski definition) is 0. The van der Waals surface area contributed by atoms with Crippen LogP contribution in [-0.2, 0) is 0 Å². The van der Waals surface area contributed by atoms with E-state index in [-0.39, 0.29) is 0 Å². The molecule has 0 N–H and O–H groups in total. The van der Waals surface area contributed by atoms with Crippen molar-refractivity contribution >= 4 is 11.0 Å². The van der Waals surface area contributed by atoms with Gasteiger partial charge < -0.3 is 4.42 Å².